The number of carbonyl (C=O) groups excluding carboxylic acids is 1. The van der Waals surface area contributed by atoms with Crippen LogP contribution in [-0.2, 0) is 28.6 Å². The molecule has 0 aliphatic rings. The first-order valence-corrected chi connectivity index (χ1v) is 8.66. The zero-order valence-electron chi connectivity index (χ0n) is 13.4. The van der Waals surface area contributed by atoms with E-state index in [9.17, 15) is 27.9 Å². The van der Waals surface area contributed by atoms with Crippen LogP contribution in [0.25, 0.3) is 0 Å². The topological polar surface area (TPSA) is 66.4 Å². The number of carbonyl (C=O) groups is 2. The molecule has 8 heteroatoms. The Bertz CT molecular complexity index is 791. The predicted molar refractivity (Wildman–Crippen MR) is 97.6 cm³/mol. The van der Waals surface area contributed by atoms with Crippen molar-refractivity contribution in [3.8, 4) is 0 Å². The van der Waals surface area contributed by atoms with Crippen LogP contribution < -0.4 is 5.32 Å². The molecule has 2 N–H and O–H groups in total. The number of carboxylic acids is 1. The van der Waals surface area contributed by atoms with Crippen molar-refractivity contribution in [3.63, 3.8) is 0 Å². The van der Waals surface area contributed by atoms with Crippen LogP contribution in [0.3, 0.4) is 0 Å². The molecule has 0 heterocycles. The van der Waals surface area contributed by atoms with Crippen LogP contribution in [0, 0.1) is 3.57 Å². The standard InChI is InChI=1S/C18H15F3INO3/c19-18(20,21)13-7-5-11(6-8-13)9-16(24)23-15(17(25)26)10-12-3-1-2-4-14(12)22/h1-8,15H,9-10H2,(H,23,24)(H,25,26)/t15-/m0/s1. The fourth-order valence-corrected chi connectivity index (χ4v) is 2.93. The molecular formula is C18H15F3INO3. The number of halogens is 4. The van der Waals surface area contributed by atoms with Gasteiger partial charge in [0.2, 0.25) is 5.91 Å². The van der Waals surface area contributed by atoms with E-state index in [1.165, 1.54) is 12.1 Å². The third kappa shape index (κ3) is 5.72. The lowest BCUT2D eigenvalue weighted by molar-refractivity contribution is -0.141. The molecule has 138 valence electrons. The first-order valence-electron chi connectivity index (χ1n) is 7.58. The van der Waals surface area contributed by atoms with Gasteiger partial charge in [-0.25, -0.2) is 4.79 Å². The lowest BCUT2D eigenvalue weighted by Gasteiger charge is -2.16. The highest BCUT2D eigenvalue weighted by Crippen LogP contribution is 2.29. The summed E-state index contributed by atoms with van der Waals surface area (Å²) in [5, 5.41) is 11.7. The predicted octanol–water partition coefficient (Wildman–Crippen LogP) is 3.66. The van der Waals surface area contributed by atoms with Crippen molar-refractivity contribution in [3.05, 3.63) is 68.8 Å². The number of carboxylic acid groups (broad SMARTS) is 1. The average Bonchev–Trinajstić information content (AvgIpc) is 2.55. The molecule has 2 aromatic rings. The number of nitrogens with one attached hydrogen (secondary N) is 1. The van der Waals surface area contributed by atoms with E-state index >= 15 is 0 Å². The van der Waals surface area contributed by atoms with Crippen LogP contribution >= 0.6 is 22.6 Å². The number of hydrogen-bond acceptors (Lipinski definition) is 2. The van der Waals surface area contributed by atoms with Gasteiger partial charge in [0.25, 0.3) is 0 Å². The van der Waals surface area contributed by atoms with Gasteiger partial charge in [-0.1, -0.05) is 30.3 Å². The molecule has 0 aliphatic heterocycles. The maximum absolute atomic E-state index is 12.5. The van der Waals surface area contributed by atoms with Crippen molar-refractivity contribution in [2.24, 2.45) is 0 Å². The summed E-state index contributed by atoms with van der Waals surface area (Å²) in [6.07, 6.45) is -4.52. The summed E-state index contributed by atoms with van der Waals surface area (Å²) in [5.74, 6) is -1.74. The van der Waals surface area contributed by atoms with E-state index in [4.69, 9.17) is 0 Å². The summed E-state index contributed by atoms with van der Waals surface area (Å²) in [6, 6.07) is 10.3. The van der Waals surface area contributed by atoms with Crippen molar-refractivity contribution in [1.82, 2.24) is 5.32 Å². The van der Waals surface area contributed by atoms with E-state index in [2.05, 4.69) is 27.9 Å². The molecule has 0 saturated heterocycles. The molecule has 0 spiro atoms. The molecule has 0 fully saturated rings. The van der Waals surface area contributed by atoms with Crippen molar-refractivity contribution in [2.75, 3.05) is 0 Å². The Morgan fingerprint density at radius 1 is 1.08 bits per heavy atom. The normalized spacial score (nSPS) is 12.5. The van der Waals surface area contributed by atoms with Crippen LogP contribution in [0.2, 0.25) is 0 Å². The Hall–Kier alpha value is -2.10. The van der Waals surface area contributed by atoms with Gasteiger partial charge >= 0.3 is 12.1 Å². The summed E-state index contributed by atoms with van der Waals surface area (Å²) < 4.78 is 38.5. The Labute approximate surface area is 161 Å². The van der Waals surface area contributed by atoms with Gasteiger partial charge in [-0.3, -0.25) is 4.79 Å². The van der Waals surface area contributed by atoms with Gasteiger partial charge in [0.05, 0.1) is 12.0 Å². The van der Waals surface area contributed by atoms with E-state index in [0.29, 0.717) is 5.56 Å². The van der Waals surface area contributed by atoms with Gasteiger partial charge in [0, 0.05) is 9.99 Å². The Morgan fingerprint density at radius 2 is 1.69 bits per heavy atom. The fraction of sp³-hybridized carbons (Fsp3) is 0.222. The minimum absolute atomic E-state index is 0.118. The molecule has 1 atom stereocenters. The van der Waals surface area contributed by atoms with Gasteiger partial charge in [-0.05, 0) is 51.9 Å². The first-order chi connectivity index (χ1) is 12.2. The van der Waals surface area contributed by atoms with Crippen LogP contribution in [0.1, 0.15) is 16.7 Å². The summed E-state index contributed by atoms with van der Waals surface area (Å²) >= 11 is 2.08. The molecule has 0 saturated carbocycles. The number of amides is 1. The number of benzene rings is 2. The maximum Gasteiger partial charge on any atom is 0.416 e. The second-order valence-electron chi connectivity index (χ2n) is 5.63. The van der Waals surface area contributed by atoms with Crippen LogP contribution in [0.15, 0.2) is 48.5 Å². The van der Waals surface area contributed by atoms with Crippen molar-refractivity contribution >= 4 is 34.5 Å². The lowest BCUT2D eigenvalue weighted by atomic mass is 10.0. The number of aliphatic carboxylic acids is 1. The Balaban J connectivity index is 2.02. The summed E-state index contributed by atoms with van der Waals surface area (Å²) in [7, 11) is 0. The average molecular weight is 477 g/mol. The third-order valence-corrected chi connectivity index (χ3v) is 4.71. The lowest BCUT2D eigenvalue weighted by Crippen LogP contribution is -2.43. The van der Waals surface area contributed by atoms with Gasteiger partial charge < -0.3 is 10.4 Å². The fourth-order valence-electron chi connectivity index (χ4n) is 2.33. The number of alkyl halides is 3. The smallest absolute Gasteiger partial charge is 0.416 e. The van der Waals surface area contributed by atoms with Gasteiger partial charge in [0.15, 0.2) is 0 Å². The Morgan fingerprint density at radius 3 is 2.23 bits per heavy atom. The van der Waals surface area contributed by atoms with Crippen molar-refractivity contribution in [1.29, 1.82) is 0 Å². The number of rotatable bonds is 6. The SMILES string of the molecule is O=C(Cc1ccc(C(F)(F)F)cc1)N[C@@H](Cc1ccccc1I)C(=O)O. The largest absolute Gasteiger partial charge is 0.480 e. The molecular weight excluding hydrogens is 462 g/mol. The second-order valence-corrected chi connectivity index (χ2v) is 6.79. The van der Waals surface area contributed by atoms with Gasteiger partial charge in [-0.15, -0.1) is 0 Å². The highest BCUT2D eigenvalue weighted by Gasteiger charge is 2.30. The molecule has 4 nitrogen and oxygen atoms in total. The van der Waals surface area contributed by atoms with E-state index in [-0.39, 0.29) is 12.8 Å². The van der Waals surface area contributed by atoms with Crippen LogP contribution in [0.5, 0.6) is 0 Å². The molecule has 0 aliphatic carbocycles. The quantitative estimate of drug-likeness (QED) is 0.625. The minimum Gasteiger partial charge on any atom is -0.480 e. The van der Waals surface area contributed by atoms with E-state index < -0.39 is 29.7 Å². The molecule has 0 aromatic heterocycles. The molecule has 0 radical (unpaired) electrons. The molecule has 0 bridgehead atoms. The summed E-state index contributed by atoms with van der Waals surface area (Å²) in [4.78, 5) is 23.5. The van der Waals surface area contributed by atoms with Crippen molar-refractivity contribution in [2.45, 2.75) is 25.1 Å². The molecule has 0 unspecified atom stereocenters. The highest BCUT2D eigenvalue weighted by molar-refractivity contribution is 14.1. The molecule has 26 heavy (non-hydrogen) atoms. The highest BCUT2D eigenvalue weighted by atomic mass is 127. The van der Waals surface area contributed by atoms with Crippen molar-refractivity contribution < 1.29 is 27.9 Å². The Kier molecular flexibility index (Phi) is 6.63. The summed E-state index contributed by atoms with van der Waals surface area (Å²) in [5.41, 5.74) is 0.355. The van der Waals surface area contributed by atoms with Crippen LogP contribution in [0.4, 0.5) is 13.2 Å². The zero-order chi connectivity index (χ0) is 19.3. The maximum atomic E-state index is 12.5. The second kappa shape index (κ2) is 8.52. The van der Waals surface area contributed by atoms with Crippen LogP contribution in [-0.4, -0.2) is 23.0 Å². The zero-order valence-corrected chi connectivity index (χ0v) is 15.5. The number of hydrogen-bond donors (Lipinski definition) is 2. The minimum atomic E-state index is -4.44. The third-order valence-electron chi connectivity index (χ3n) is 3.66. The van der Waals surface area contributed by atoms with Gasteiger partial charge in [-0.2, -0.15) is 13.2 Å². The van der Waals surface area contributed by atoms with E-state index in [0.717, 1.165) is 21.3 Å². The van der Waals surface area contributed by atoms with E-state index in [1.54, 1.807) is 12.1 Å². The first kappa shape index (κ1) is 20.2. The molecule has 2 aromatic carbocycles. The molecule has 1 amide bonds. The summed E-state index contributed by atoms with van der Waals surface area (Å²) in [6.45, 7) is 0. The monoisotopic (exact) mass is 477 g/mol. The van der Waals surface area contributed by atoms with E-state index in [1.807, 2.05) is 12.1 Å². The molecule has 2 rings (SSSR count). The van der Waals surface area contributed by atoms with Gasteiger partial charge in [0.1, 0.15) is 6.04 Å².